The molecule has 196 valence electrons. The Labute approximate surface area is 228 Å². The van der Waals surface area contributed by atoms with Crippen molar-refractivity contribution in [2.75, 3.05) is 41.7 Å². The molecule has 2 aliphatic rings. The summed E-state index contributed by atoms with van der Waals surface area (Å²) in [5.41, 5.74) is 5.45. The summed E-state index contributed by atoms with van der Waals surface area (Å²) in [5.74, 6) is 1.23. The lowest BCUT2D eigenvalue weighted by Crippen LogP contribution is -2.50. The van der Waals surface area contributed by atoms with E-state index in [2.05, 4.69) is 15.5 Å². The number of piperazine rings is 1. The second-order valence-corrected chi connectivity index (χ2v) is 9.92. The molecule has 4 aromatic carbocycles. The predicted molar refractivity (Wildman–Crippen MR) is 154 cm³/mol. The van der Waals surface area contributed by atoms with E-state index >= 15 is 0 Å². The number of carbonyl (C=O) groups is 2. The lowest BCUT2D eigenvalue weighted by Gasteiger charge is -2.38. The van der Waals surface area contributed by atoms with Crippen LogP contribution in [-0.4, -0.2) is 43.0 Å². The van der Waals surface area contributed by atoms with E-state index in [-0.39, 0.29) is 17.9 Å². The molecular weight excluding hydrogens is 488 g/mol. The second-order valence-electron chi connectivity index (χ2n) is 9.92. The smallest absolute Gasteiger partial charge is 0.323 e. The Morgan fingerprint density at radius 3 is 1.97 bits per heavy atom. The molecule has 0 aromatic heterocycles. The predicted octanol–water partition coefficient (Wildman–Crippen LogP) is 6.23. The van der Waals surface area contributed by atoms with Gasteiger partial charge in [-0.25, -0.2) is 4.79 Å². The van der Waals surface area contributed by atoms with E-state index in [1.807, 2.05) is 109 Å². The zero-order valence-corrected chi connectivity index (χ0v) is 21.8. The molecule has 0 bridgehead atoms. The van der Waals surface area contributed by atoms with E-state index in [0.717, 1.165) is 58.3 Å². The van der Waals surface area contributed by atoms with E-state index < -0.39 is 0 Å². The maximum absolute atomic E-state index is 13.8. The van der Waals surface area contributed by atoms with Crippen LogP contribution in [0.25, 0.3) is 0 Å². The zero-order chi connectivity index (χ0) is 26.8. The first-order valence-electron chi connectivity index (χ1n) is 13.2. The zero-order valence-electron chi connectivity index (χ0n) is 21.8. The molecule has 7 nitrogen and oxygen atoms in total. The van der Waals surface area contributed by atoms with Crippen LogP contribution in [0.2, 0.25) is 0 Å². The highest BCUT2D eigenvalue weighted by atomic mass is 16.5. The van der Waals surface area contributed by atoms with Crippen molar-refractivity contribution < 1.29 is 14.3 Å². The van der Waals surface area contributed by atoms with Gasteiger partial charge in [-0.05, 0) is 61.0 Å². The van der Waals surface area contributed by atoms with E-state index in [1.165, 1.54) is 0 Å². The standard InChI is InChI=1S/C32H30N4O3/c1-22-7-6-8-24(21-22)34-32(38)33-23-13-15-25(16-14-23)35-17-19-36(20-18-35)31(37)30-26-9-2-4-11-28(26)39-29-12-5-3-10-27(29)30/h2-16,21,30H,17-20H2,1H3,(H2,33,34,38). The molecule has 0 radical (unpaired) electrons. The van der Waals surface area contributed by atoms with Crippen LogP contribution >= 0.6 is 0 Å². The SMILES string of the molecule is Cc1cccc(NC(=O)Nc2ccc(N3CCN(C(=O)C4c5ccccc5Oc5ccccc54)CC3)cc2)c1. The maximum Gasteiger partial charge on any atom is 0.323 e. The lowest BCUT2D eigenvalue weighted by molar-refractivity contribution is -0.132. The third-order valence-corrected chi connectivity index (χ3v) is 7.28. The van der Waals surface area contributed by atoms with Crippen molar-refractivity contribution in [3.05, 3.63) is 114 Å². The van der Waals surface area contributed by atoms with Gasteiger partial charge in [-0.1, -0.05) is 48.5 Å². The van der Waals surface area contributed by atoms with Crippen molar-refractivity contribution in [1.82, 2.24) is 4.90 Å². The van der Waals surface area contributed by atoms with Gasteiger partial charge < -0.3 is 25.2 Å². The molecule has 0 saturated carbocycles. The van der Waals surface area contributed by atoms with Crippen molar-refractivity contribution in [3.8, 4) is 11.5 Å². The molecule has 3 amide bonds. The first-order valence-corrected chi connectivity index (χ1v) is 13.2. The molecule has 4 aromatic rings. The number of para-hydroxylation sites is 2. The normalized spacial score (nSPS) is 14.6. The molecule has 1 fully saturated rings. The van der Waals surface area contributed by atoms with Crippen LogP contribution in [0.3, 0.4) is 0 Å². The van der Waals surface area contributed by atoms with Crippen molar-refractivity contribution in [1.29, 1.82) is 0 Å². The summed E-state index contributed by atoms with van der Waals surface area (Å²) in [6.45, 7) is 4.73. The maximum atomic E-state index is 13.8. The Morgan fingerprint density at radius 1 is 0.718 bits per heavy atom. The molecule has 1 saturated heterocycles. The van der Waals surface area contributed by atoms with Gasteiger partial charge in [0.05, 0.1) is 5.92 Å². The lowest BCUT2D eigenvalue weighted by atomic mass is 9.86. The Hall–Kier alpha value is -4.78. The highest BCUT2D eigenvalue weighted by molar-refractivity contribution is 5.99. The Morgan fingerprint density at radius 2 is 1.33 bits per heavy atom. The minimum absolute atomic E-state index is 0.108. The minimum atomic E-state index is -0.367. The second kappa shape index (κ2) is 10.5. The van der Waals surface area contributed by atoms with Gasteiger partial charge in [0.15, 0.2) is 0 Å². The fraction of sp³-hybridized carbons (Fsp3) is 0.188. The van der Waals surface area contributed by atoms with Crippen LogP contribution in [0.1, 0.15) is 22.6 Å². The van der Waals surface area contributed by atoms with E-state index in [0.29, 0.717) is 13.1 Å². The fourth-order valence-electron chi connectivity index (χ4n) is 5.32. The number of hydrogen-bond acceptors (Lipinski definition) is 4. The third kappa shape index (κ3) is 5.16. The van der Waals surface area contributed by atoms with Crippen LogP contribution in [0, 0.1) is 6.92 Å². The average molecular weight is 519 g/mol. The summed E-state index contributed by atoms with van der Waals surface area (Å²) in [7, 11) is 0. The number of anilines is 3. The van der Waals surface area contributed by atoms with Gasteiger partial charge in [-0.3, -0.25) is 4.79 Å². The molecule has 7 heteroatoms. The summed E-state index contributed by atoms with van der Waals surface area (Å²) >= 11 is 0. The number of ether oxygens (including phenoxy) is 1. The molecule has 2 aliphatic heterocycles. The molecule has 2 heterocycles. The molecule has 6 rings (SSSR count). The van der Waals surface area contributed by atoms with Gasteiger partial charge in [0, 0.05) is 54.4 Å². The van der Waals surface area contributed by atoms with Crippen LogP contribution < -0.4 is 20.3 Å². The highest BCUT2D eigenvalue weighted by Gasteiger charge is 2.36. The van der Waals surface area contributed by atoms with Gasteiger partial charge in [0.2, 0.25) is 5.91 Å². The number of amides is 3. The summed E-state index contributed by atoms with van der Waals surface area (Å²) in [6.07, 6.45) is 0. The number of benzene rings is 4. The van der Waals surface area contributed by atoms with Gasteiger partial charge in [-0.15, -0.1) is 0 Å². The van der Waals surface area contributed by atoms with Gasteiger partial charge in [0.1, 0.15) is 11.5 Å². The van der Waals surface area contributed by atoms with Gasteiger partial charge in [-0.2, -0.15) is 0 Å². The van der Waals surface area contributed by atoms with E-state index in [1.54, 1.807) is 0 Å². The van der Waals surface area contributed by atoms with Gasteiger partial charge >= 0.3 is 6.03 Å². The fourth-order valence-corrected chi connectivity index (χ4v) is 5.32. The van der Waals surface area contributed by atoms with Crippen LogP contribution in [0.15, 0.2) is 97.1 Å². The number of rotatable bonds is 4. The van der Waals surface area contributed by atoms with Crippen molar-refractivity contribution in [2.45, 2.75) is 12.8 Å². The average Bonchev–Trinajstić information content (AvgIpc) is 2.96. The molecular formula is C32H30N4O3. The Balaban J connectivity index is 1.08. The number of aryl methyl sites for hydroxylation is 1. The number of fused-ring (bicyclic) bond motifs is 2. The molecule has 0 aliphatic carbocycles. The Bertz CT molecular complexity index is 1460. The summed E-state index contributed by atoms with van der Waals surface area (Å²) in [5, 5.41) is 5.74. The van der Waals surface area contributed by atoms with Gasteiger partial charge in [0.25, 0.3) is 0 Å². The highest BCUT2D eigenvalue weighted by Crippen LogP contribution is 2.44. The largest absolute Gasteiger partial charge is 0.457 e. The summed E-state index contributed by atoms with van der Waals surface area (Å²) < 4.78 is 6.08. The minimum Gasteiger partial charge on any atom is -0.457 e. The summed E-state index contributed by atoms with van der Waals surface area (Å²) in [6, 6.07) is 30.8. The molecule has 0 atom stereocenters. The first-order chi connectivity index (χ1) is 19.0. The van der Waals surface area contributed by atoms with Crippen LogP contribution in [0.5, 0.6) is 11.5 Å². The van der Waals surface area contributed by atoms with Crippen molar-refractivity contribution in [2.24, 2.45) is 0 Å². The number of carbonyl (C=O) groups excluding carboxylic acids is 2. The van der Waals surface area contributed by atoms with Crippen molar-refractivity contribution in [3.63, 3.8) is 0 Å². The van der Waals surface area contributed by atoms with E-state index in [4.69, 9.17) is 4.74 Å². The van der Waals surface area contributed by atoms with Crippen molar-refractivity contribution >= 4 is 29.0 Å². The molecule has 39 heavy (non-hydrogen) atoms. The number of nitrogens with zero attached hydrogens (tertiary/aromatic N) is 2. The Kier molecular flexibility index (Phi) is 6.63. The molecule has 0 unspecified atom stereocenters. The van der Waals surface area contributed by atoms with E-state index in [9.17, 15) is 9.59 Å². The molecule has 0 spiro atoms. The monoisotopic (exact) mass is 518 g/mol. The van der Waals surface area contributed by atoms with Crippen LogP contribution in [0.4, 0.5) is 21.9 Å². The number of urea groups is 1. The topological polar surface area (TPSA) is 73.9 Å². The molecule has 2 N–H and O–H groups in total. The number of nitrogens with one attached hydrogen (secondary N) is 2. The first kappa shape index (κ1) is 24.6. The van der Waals surface area contributed by atoms with Crippen LogP contribution in [-0.2, 0) is 4.79 Å². The number of hydrogen-bond donors (Lipinski definition) is 2. The third-order valence-electron chi connectivity index (χ3n) is 7.28. The quantitative estimate of drug-likeness (QED) is 0.336. The summed E-state index contributed by atoms with van der Waals surface area (Å²) in [4.78, 5) is 30.4.